The van der Waals surface area contributed by atoms with Crippen molar-refractivity contribution in [3.8, 4) is 22.8 Å². The van der Waals surface area contributed by atoms with Crippen LogP contribution in [0, 0.1) is 11.6 Å². The molecule has 8 heteroatoms. The molecular weight excluding hydrogens is 408 g/mol. The smallest absolute Gasteiger partial charge is 0.227 e. The topological polar surface area (TPSA) is 56.3 Å². The first kappa shape index (κ1) is 20.4. The van der Waals surface area contributed by atoms with Crippen molar-refractivity contribution in [3.05, 3.63) is 59.8 Å². The van der Waals surface area contributed by atoms with Crippen LogP contribution in [0.25, 0.3) is 11.3 Å². The predicted molar refractivity (Wildman–Crippen MR) is 115 cm³/mol. The number of anilines is 2. The van der Waals surface area contributed by atoms with Crippen molar-refractivity contribution in [3.63, 3.8) is 0 Å². The molecule has 156 valence electrons. The van der Waals surface area contributed by atoms with Crippen LogP contribution in [0.2, 0.25) is 0 Å². The van der Waals surface area contributed by atoms with Crippen LogP contribution in [0.15, 0.2) is 42.6 Å². The summed E-state index contributed by atoms with van der Waals surface area (Å²) in [6, 6.07) is 9.84. The predicted octanol–water partition coefficient (Wildman–Crippen LogP) is 5.58. The lowest BCUT2D eigenvalue weighted by molar-refractivity contribution is 0.266. The van der Waals surface area contributed by atoms with E-state index in [4.69, 9.17) is 9.47 Å². The van der Waals surface area contributed by atoms with E-state index in [2.05, 4.69) is 15.3 Å². The highest BCUT2D eigenvalue weighted by atomic mass is 32.2. The minimum absolute atomic E-state index is 0.0501. The van der Waals surface area contributed by atoms with Crippen LogP contribution in [0.4, 0.5) is 20.4 Å². The van der Waals surface area contributed by atoms with Crippen molar-refractivity contribution in [1.29, 1.82) is 0 Å². The molecule has 2 heterocycles. The van der Waals surface area contributed by atoms with Crippen molar-refractivity contribution in [1.82, 2.24) is 9.97 Å². The maximum atomic E-state index is 14.6. The molecule has 0 fully saturated rings. The second-order valence-corrected chi connectivity index (χ2v) is 7.72. The lowest BCUT2D eigenvalue weighted by Gasteiger charge is -2.13. The first-order valence-electron chi connectivity index (χ1n) is 9.60. The molecule has 0 unspecified atom stereocenters. The molecule has 1 aromatic heterocycles. The van der Waals surface area contributed by atoms with Gasteiger partial charge in [0.05, 0.1) is 19.4 Å². The Bertz CT molecular complexity index is 1050. The Morgan fingerprint density at radius 2 is 1.90 bits per heavy atom. The molecular formula is C22H21F2N3O2S. The molecule has 1 aliphatic rings. The monoisotopic (exact) mass is 429 g/mol. The van der Waals surface area contributed by atoms with Crippen LogP contribution in [-0.4, -0.2) is 29.4 Å². The van der Waals surface area contributed by atoms with E-state index in [9.17, 15) is 8.78 Å². The van der Waals surface area contributed by atoms with E-state index in [0.717, 1.165) is 35.4 Å². The molecule has 0 aliphatic carbocycles. The van der Waals surface area contributed by atoms with Crippen molar-refractivity contribution >= 4 is 23.4 Å². The first-order chi connectivity index (χ1) is 14.6. The van der Waals surface area contributed by atoms with Gasteiger partial charge in [-0.25, -0.2) is 18.7 Å². The van der Waals surface area contributed by atoms with Crippen LogP contribution < -0.4 is 14.8 Å². The summed E-state index contributed by atoms with van der Waals surface area (Å²) in [6.07, 6.45) is 4.61. The summed E-state index contributed by atoms with van der Waals surface area (Å²) in [6.45, 7) is 0.885. The van der Waals surface area contributed by atoms with Crippen molar-refractivity contribution in [2.24, 2.45) is 0 Å². The third-order valence-corrected chi connectivity index (χ3v) is 5.16. The van der Waals surface area contributed by atoms with Crippen molar-refractivity contribution in [2.75, 3.05) is 24.8 Å². The lowest BCUT2D eigenvalue weighted by atomic mass is 10.1. The van der Waals surface area contributed by atoms with Crippen LogP contribution in [-0.2, 0) is 5.75 Å². The molecule has 4 rings (SSSR count). The SMILES string of the molecule is CSCc1cc2cc(c1)OCCCCOc1cc(F)ccc1-c1nc(ncc1F)N2. The molecule has 0 amide bonds. The number of benzene rings is 2. The molecule has 1 aliphatic heterocycles. The van der Waals surface area contributed by atoms with E-state index in [0.29, 0.717) is 25.2 Å². The van der Waals surface area contributed by atoms with Gasteiger partial charge < -0.3 is 14.8 Å². The van der Waals surface area contributed by atoms with E-state index in [1.807, 2.05) is 24.5 Å². The summed E-state index contributed by atoms with van der Waals surface area (Å²) in [5.41, 5.74) is 2.27. The summed E-state index contributed by atoms with van der Waals surface area (Å²) in [5.74, 6) is 0.976. The summed E-state index contributed by atoms with van der Waals surface area (Å²) < 4.78 is 40.0. The fourth-order valence-corrected chi connectivity index (χ4v) is 3.70. The largest absolute Gasteiger partial charge is 0.494 e. The fourth-order valence-electron chi connectivity index (χ4n) is 3.20. The van der Waals surface area contributed by atoms with Crippen molar-refractivity contribution in [2.45, 2.75) is 18.6 Å². The van der Waals surface area contributed by atoms with Gasteiger partial charge in [-0.1, -0.05) is 0 Å². The summed E-state index contributed by atoms with van der Waals surface area (Å²) in [4.78, 5) is 8.40. The van der Waals surface area contributed by atoms with Crippen molar-refractivity contribution < 1.29 is 18.3 Å². The van der Waals surface area contributed by atoms with Gasteiger partial charge in [0.25, 0.3) is 0 Å². The van der Waals surface area contributed by atoms with Crippen LogP contribution in [0.1, 0.15) is 18.4 Å². The highest BCUT2D eigenvalue weighted by Crippen LogP contribution is 2.33. The molecule has 30 heavy (non-hydrogen) atoms. The van der Waals surface area contributed by atoms with E-state index in [1.54, 1.807) is 11.8 Å². The average Bonchev–Trinajstić information content (AvgIpc) is 2.72. The highest BCUT2D eigenvalue weighted by molar-refractivity contribution is 7.97. The second kappa shape index (κ2) is 9.30. The first-order valence-corrected chi connectivity index (χ1v) is 11.0. The molecule has 2 aromatic carbocycles. The molecule has 0 saturated carbocycles. The van der Waals surface area contributed by atoms with Gasteiger partial charge in [-0.05, 0) is 48.9 Å². The normalized spacial score (nSPS) is 13.7. The summed E-state index contributed by atoms with van der Waals surface area (Å²) in [7, 11) is 0. The van der Waals surface area contributed by atoms with Gasteiger partial charge in [-0.3, -0.25) is 0 Å². The number of nitrogens with one attached hydrogen (secondary N) is 1. The van der Waals surface area contributed by atoms with Crippen LogP contribution >= 0.6 is 11.8 Å². The lowest BCUT2D eigenvalue weighted by Crippen LogP contribution is -2.04. The van der Waals surface area contributed by atoms with Gasteiger partial charge in [0.15, 0.2) is 5.82 Å². The van der Waals surface area contributed by atoms with Gasteiger partial charge in [0, 0.05) is 29.1 Å². The number of nitrogens with zero attached hydrogens (tertiary/aromatic N) is 2. The molecule has 4 bridgehead atoms. The molecule has 0 radical (unpaired) electrons. The third-order valence-electron chi connectivity index (χ3n) is 4.54. The van der Waals surface area contributed by atoms with Gasteiger partial charge >= 0.3 is 0 Å². The Morgan fingerprint density at radius 1 is 1.07 bits per heavy atom. The molecule has 1 N–H and O–H groups in total. The van der Waals surface area contributed by atoms with Crippen LogP contribution in [0.3, 0.4) is 0 Å². The number of aromatic nitrogens is 2. The molecule has 0 atom stereocenters. The quantitative estimate of drug-likeness (QED) is 0.574. The minimum atomic E-state index is -0.610. The molecule has 0 saturated heterocycles. The number of halogens is 2. The average molecular weight is 429 g/mol. The zero-order chi connectivity index (χ0) is 20.9. The van der Waals surface area contributed by atoms with E-state index in [-0.39, 0.29) is 17.4 Å². The standard InChI is InChI=1S/C22H21F2N3O2S/c1-30-13-14-8-16-11-17(9-14)28-6-2-3-7-29-20-10-15(23)4-5-18(20)21-19(24)12-25-22(26-16)27-21/h4-5,8-12H,2-3,6-7,13H2,1H3,(H,25,26,27). The molecule has 3 aromatic rings. The van der Waals surface area contributed by atoms with Gasteiger partial charge in [0.1, 0.15) is 23.0 Å². The fraction of sp³-hybridized carbons (Fsp3) is 0.273. The second-order valence-electron chi connectivity index (χ2n) is 6.86. The van der Waals surface area contributed by atoms with Gasteiger partial charge in [-0.15, -0.1) is 0 Å². The minimum Gasteiger partial charge on any atom is -0.494 e. The molecule has 5 nitrogen and oxygen atoms in total. The summed E-state index contributed by atoms with van der Waals surface area (Å²) in [5, 5.41) is 3.13. The zero-order valence-corrected chi connectivity index (χ0v) is 17.3. The van der Waals surface area contributed by atoms with Crippen LogP contribution in [0.5, 0.6) is 11.5 Å². The van der Waals surface area contributed by atoms with Gasteiger partial charge in [-0.2, -0.15) is 11.8 Å². The maximum absolute atomic E-state index is 14.6. The van der Waals surface area contributed by atoms with E-state index < -0.39 is 11.6 Å². The van der Waals surface area contributed by atoms with E-state index in [1.165, 1.54) is 18.2 Å². The summed E-state index contributed by atoms with van der Waals surface area (Å²) >= 11 is 1.71. The Hall–Kier alpha value is -2.87. The maximum Gasteiger partial charge on any atom is 0.227 e. The Balaban J connectivity index is 1.78. The van der Waals surface area contributed by atoms with E-state index >= 15 is 0 Å². The Morgan fingerprint density at radius 3 is 2.73 bits per heavy atom. The number of rotatable bonds is 2. The number of hydrogen-bond acceptors (Lipinski definition) is 6. The molecule has 0 spiro atoms. The number of ether oxygens (including phenoxy) is 2. The third kappa shape index (κ3) is 4.81. The number of hydrogen-bond donors (Lipinski definition) is 1. The number of thioether (sulfide) groups is 1. The highest BCUT2D eigenvalue weighted by Gasteiger charge is 2.16. The number of fused-ring (bicyclic) bond motifs is 6. The Labute approximate surface area is 177 Å². The zero-order valence-electron chi connectivity index (χ0n) is 16.5. The van der Waals surface area contributed by atoms with Gasteiger partial charge in [0.2, 0.25) is 5.95 Å². The Kier molecular flexibility index (Phi) is 6.32.